The van der Waals surface area contributed by atoms with E-state index in [1.807, 2.05) is 10.6 Å². The van der Waals surface area contributed by atoms with Crippen molar-refractivity contribution in [2.24, 2.45) is 5.73 Å². The molecule has 0 saturated carbocycles. The molecule has 0 radical (unpaired) electrons. The number of nitrogens with two attached hydrogens (primary N) is 1. The van der Waals surface area contributed by atoms with Crippen molar-refractivity contribution >= 4 is 11.5 Å². The van der Waals surface area contributed by atoms with Crippen LogP contribution in [0.5, 0.6) is 0 Å². The van der Waals surface area contributed by atoms with Gasteiger partial charge in [0.1, 0.15) is 12.1 Å². The van der Waals surface area contributed by atoms with Crippen LogP contribution in [-0.4, -0.2) is 34.2 Å². The highest BCUT2D eigenvalue weighted by Gasteiger charge is 2.09. The summed E-state index contributed by atoms with van der Waals surface area (Å²) in [5.74, 6) is 1.06. The van der Waals surface area contributed by atoms with E-state index < -0.39 is 0 Å². The van der Waals surface area contributed by atoms with E-state index in [9.17, 15) is 0 Å². The van der Waals surface area contributed by atoms with Crippen LogP contribution in [0.3, 0.4) is 0 Å². The van der Waals surface area contributed by atoms with Crippen LogP contribution in [0.25, 0.3) is 5.65 Å². The fourth-order valence-corrected chi connectivity index (χ4v) is 1.85. The Morgan fingerprint density at radius 2 is 2.25 bits per heavy atom. The predicted molar refractivity (Wildman–Crippen MR) is 64.7 cm³/mol. The third kappa shape index (κ3) is 1.86. The number of hydrogen-bond acceptors (Lipinski definition) is 4. The van der Waals surface area contributed by atoms with E-state index >= 15 is 0 Å². The number of aromatic nitrogens is 3. The Balaban J connectivity index is 2.52. The van der Waals surface area contributed by atoms with Crippen molar-refractivity contribution in [2.45, 2.75) is 13.8 Å². The normalized spacial score (nSPS) is 10.9. The summed E-state index contributed by atoms with van der Waals surface area (Å²) in [6.07, 6.45) is 1.58. The van der Waals surface area contributed by atoms with Gasteiger partial charge in [0.15, 0.2) is 5.65 Å². The summed E-state index contributed by atoms with van der Waals surface area (Å²) >= 11 is 0. The van der Waals surface area contributed by atoms with Gasteiger partial charge in [0.2, 0.25) is 0 Å². The SMILES string of the molecule is CCN(CCN)c1cc(C)cc2ncnn12. The Labute approximate surface area is 94.9 Å². The molecular formula is C11H17N5. The molecular weight excluding hydrogens is 202 g/mol. The van der Waals surface area contributed by atoms with Crippen LogP contribution in [0, 0.1) is 6.92 Å². The molecule has 0 aliphatic carbocycles. The van der Waals surface area contributed by atoms with Gasteiger partial charge < -0.3 is 10.6 Å². The third-order valence-corrected chi connectivity index (χ3v) is 2.61. The van der Waals surface area contributed by atoms with Gasteiger partial charge in [-0.2, -0.15) is 9.61 Å². The topological polar surface area (TPSA) is 59.5 Å². The van der Waals surface area contributed by atoms with E-state index in [0.29, 0.717) is 6.54 Å². The number of aryl methyl sites for hydroxylation is 1. The Bertz CT molecular complexity index is 476. The van der Waals surface area contributed by atoms with Crippen molar-refractivity contribution in [1.82, 2.24) is 14.6 Å². The summed E-state index contributed by atoms with van der Waals surface area (Å²) in [6, 6.07) is 4.13. The Morgan fingerprint density at radius 3 is 2.94 bits per heavy atom. The minimum atomic E-state index is 0.637. The highest BCUT2D eigenvalue weighted by molar-refractivity contribution is 5.52. The lowest BCUT2D eigenvalue weighted by molar-refractivity contribution is 0.773. The highest BCUT2D eigenvalue weighted by atomic mass is 15.4. The van der Waals surface area contributed by atoms with Gasteiger partial charge in [0.25, 0.3) is 0 Å². The fraction of sp³-hybridized carbons (Fsp3) is 0.455. The molecule has 0 fully saturated rings. The second-order valence-electron chi connectivity index (χ2n) is 3.79. The van der Waals surface area contributed by atoms with Gasteiger partial charge in [0, 0.05) is 19.6 Å². The maximum atomic E-state index is 5.61. The molecule has 2 heterocycles. The highest BCUT2D eigenvalue weighted by Crippen LogP contribution is 2.17. The summed E-state index contributed by atoms with van der Waals surface area (Å²) in [6.45, 7) is 6.55. The lowest BCUT2D eigenvalue weighted by Gasteiger charge is -2.22. The van der Waals surface area contributed by atoms with Crippen LogP contribution >= 0.6 is 0 Å². The van der Waals surface area contributed by atoms with Gasteiger partial charge in [-0.05, 0) is 31.5 Å². The standard InChI is InChI=1S/C11H17N5/c1-3-15(5-4-12)11-7-9(2)6-10-13-8-14-16(10)11/h6-8H,3-5,12H2,1-2H3. The molecule has 16 heavy (non-hydrogen) atoms. The molecule has 0 saturated heterocycles. The molecule has 0 aliphatic rings. The average molecular weight is 219 g/mol. The maximum Gasteiger partial charge on any atom is 0.157 e. The minimum absolute atomic E-state index is 0.637. The Kier molecular flexibility index (Phi) is 3.05. The number of anilines is 1. The number of rotatable bonds is 4. The van der Waals surface area contributed by atoms with E-state index in [4.69, 9.17) is 5.73 Å². The van der Waals surface area contributed by atoms with E-state index in [-0.39, 0.29) is 0 Å². The zero-order chi connectivity index (χ0) is 11.5. The molecule has 0 spiro atoms. The lowest BCUT2D eigenvalue weighted by Crippen LogP contribution is -2.30. The number of likely N-dealkylation sites (N-methyl/N-ethyl adjacent to an activating group) is 1. The van der Waals surface area contributed by atoms with Crippen LogP contribution in [-0.2, 0) is 0 Å². The van der Waals surface area contributed by atoms with Gasteiger partial charge >= 0.3 is 0 Å². The summed E-state index contributed by atoms with van der Waals surface area (Å²) in [7, 11) is 0. The van der Waals surface area contributed by atoms with Crippen molar-refractivity contribution in [3.63, 3.8) is 0 Å². The summed E-state index contributed by atoms with van der Waals surface area (Å²) in [4.78, 5) is 6.41. The van der Waals surface area contributed by atoms with Crippen molar-refractivity contribution in [1.29, 1.82) is 0 Å². The first kappa shape index (κ1) is 10.9. The molecule has 0 aromatic carbocycles. The lowest BCUT2D eigenvalue weighted by atomic mass is 10.2. The summed E-state index contributed by atoms with van der Waals surface area (Å²) < 4.78 is 1.85. The van der Waals surface area contributed by atoms with Crippen molar-refractivity contribution in [3.05, 3.63) is 24.0 Å². The molecule has 5 nitrogen and oxygen atoms in total. The van der Waals surface area contributed by atoms with Crippen molar-refractivity contribution in [3.8, 4) is 0 Å². The minimum Gasteiger partial charge on any atom is -0.356 e. The van der Waals surface area contributed by atoms with E-state index in [1.54, 1.807) is 6.33 Å². The van der Waals surface area contributed by atoms with Crippen LogP contribution < -0.4 is 10.6 Å². The number of fused-ring (bicyclic) bond motifs is 1. The van der Waals surface area contributed by atoms with Gasteiger partial charge in [-0.1, -0.05) is 0 Å². The third-order valence-electron chi connectivity index (χ3n) is 2.61. The molecule has 5 heteroatoms. The Morgan fingerprint density at radius 1 is 1.44 bits per heavy atom. The molecule has 2 aromatic heterocycles. The molecule has 2 aromatic rings. The van der Waals surface area contributed by atoms with E-state index in [1.165, 1.54) is 5.56 Å². The second-order valence-corrected chi connectivity index (χ2v) is 3.79. The number of nitrogens with zero attached hydrogens (tertiary/aromatic N) is 4. The van der Waals surface area contributed by atoms with Gasteiger partial charge in [-0.15, -0.1) is 0 Å². The van der Waals surface area contributed by atoms with Crippen LogP contribution in [0.4, 0.5) is 5.82 Å². The first-order chi connectivity index (χ1) is 7.76. The first-order valence-electron chi connectivity index (χ1n) is 5.51. The summed E-state index contributed by atoms with van der Waals surface area (Å²) in [5.41, 5.74) is 7.68. The largest absolute Gasteiger partial charge is 0.356 e. The monoisotopic (exact) mass is 219 g/mol. The van der Waals surface area contributed by atoms with Crippen LogP contribution in [0.1, 0.15) is 12.5 Å². The fourth-order valence-electron chi connectivity index (χ4n) is 1.85. The molecule has 0 bridgehead atoms. The maximum absolute atomic E-state index is 5.61. The zero-order valence-electron chi connectivity index (χ0n) is 9.72. The second kappa shape index (κ2) is 4.49. The van der Waals surface area contributed by atoms with Crippen molar-refractivity contribution in [2.75, 3.05) is 24.5 Å². The van der Waals surface area contributed by atoms with Crippen LogP contribution in [0.2, 0.25) is 0 Å². The van der Waals surface area contributed by atoms with Gasteiger partial charge in [-0.3, -0.25) is 0 Å². The van der Waals surface area contributed by atoms with Crippen LogP contribution in [0.15, 0.2) is 18.5 Å². The zero-order valence-corrected chi connectivity index (χ0v) is 9.72. The molecule has 86 valence electrons. The molecule has 2 N–H and O–H groups in total. The summed E-state index contributed by atoms with van der Waals surface area (Å²) in [5, 5.41) is 4.23. The van der Waals surface area contributed by atoms with Gasteiger partial charge in [0.05, 0.1) is 0 Å². The molecule has 0 amide bonds. The number of hydrogen-bond donors (Lipinski definition) is 1. The van der Waals surface area contributed by atoms with Gasteiger partial charge in [-0.25, -0.2) is 4.98 Å². The predicted octanol–water partition coefficient (Wildman–Crippen LogP) is 0.823. The quantitative estimate of drug-likeness (QED) is 0.827. The van der Waals surface area contributed by atoms with E-state index in [2.05, 4.69) is 34.9 Å². The molecule has 2 rings (SSSR count). The average Bonchev–Trinajstić information content (AvgIpc) is 2.72. The molecule has 0 unspecified atom stereocenters. The Hall–Kier alpha value is -1.62. The smallest absolute Gasteiger partial charge is 0.157 e. The number of pyridine rings is 1. The van der Waals surface area contributed by atoms with E-state index in [0.717, 1.165) is 24.6 Å². The molecule has 0 aliphatic heterocycles. The molecule has 0 atom stereocenters. The van der Waals surface area contributed by atoms with Crippen molar-refractivity contribution < 1.29 is 0 Å². The first-order valence-corrected chi connectivity index (χ1v) is 5.51.